The lowest BCUT2D eigenvalue weighted by Gasteiger charge is -2.43. The Kier molecular flexibility index (Phi) is 5.61. The summed E-state index contributed by atoms with van der Waals surface area (Å²) in [6.45, 7) is 4.06. The van der Waals surface area contributed by atoms with Gasteiger partial charge < -0.3 is 15.3 Å². The number of carbonyl (C=O) groups excluding carboxylic acids is 2. The minimum atomic E-state index is -0.808. The molecule has 1 atom stereocenters. The Hall–Kier alpha value is -1.63. The molecule has 2 aliphatic carbocycles. The van der Waals surface area contributed by atoms with Gasteiger partial charge in [-0.1, -0.05) is 6.92 Å². The van der Waals surface area contributed by atoms with E-state index in [1.807, 2.05) is 16.7 Å². The van der Waals surface area contributed by atoms with Crippen molar-refractivity contribution in [1.29, 1.82) is 0 Å². The van der Waals surface area contributed by atoms with Crippen LogP contribution in [0.4, 0.5) is 0 Å². The molecule has 0 radical (unpaired) electrons. The molecule has 1 saturated heterocycles. The zero-order valence-corrected chi connectivity index (χ0v) is 14.9. The molecule has 3 aliphatic rings. The summed E-state index contributed by atoms with van der Waals surface area (Å²) in [5.74, 6) is -0.413. The Morgan fingerprint density at radius 2 is 1.88 bits per heavy atom. The maximum Gasteiger partial charge on any atom is 0.317 e. The number of likely N-dealkylation sites (N-methyl/N-ethyl adjacent to an activating group) is 1. The number of likely N-dealkylation sites (tertiary alicyclic amines) is 1. The molecule has 7 heteroatoms. The van der Waals surface area contributed by atoms with E-state index in [9.17, 15) is 14.4 Å². The first-order valence-corrected chi connectivity index (χ1v) is 9.53. The zero-order valence-electron chi connectivity index (χ0n) is 14.9. The largest absolute Gasteiger partial charge is 0.480 e. The number of nitrogens with zero attached hydrogens (tertiary/aromatic N) is 2. The Morgan fingerprint density at radius 1 is 1.16 bits per heavy atom. The molecule has 140 valence electrons. The molecule has 3 fully saturated rings. The molecule has 1 heterocycles. The van der Waals surface area contributed by atoms with Gasteiger partial charge in [0.05, 0.1) is 12.5 Å². The lowest BCUT2D eigenvalue weighted by Crippen LogP contribution is -2.56. The first-order valence-electron chi connectivity index (χ1n) is 9.53. The fourth-order valence-corrected chi connectivity index (χ4v) is 3.98. The van der Waals surface area contributed by atoms with Crippen molar-refractivity contribution in [3.8, 4) is 0 Å². The topological polar surface area (TPSA) is 90.0 Å². The highest BCUT2D eigenvalue weighted by atomic mass is 16.4. The molecule has 2 amide bonds. The van der Waals surface area contributed by atoms with Crippen LogP contribution in [0.3, 0.4) is 0 Å². The molecule has 0 aromatic carbocycles. The number of hydrogen-bond acceptors (Lipinski definition) is 4. The van der Waals surface area contributed by atoms with E-state index in [0.29, 0.717) is 13.1 Å². The van der Waals surface area contributed by atoms with Crippen LogP contribution < -0.4 is 5.32 Å². The van der Waals surface area contributed by atoms with Gasteiger partial charge in [0.15, 0.2) is 0 Å². The Balaban J connectivity index is 1.42. The van der Waals surface area contributed by atoms with E-state index >= 15 is 0 Å². The number of nitrogens with one attached hydrogen (secondary N) is 1. The van der Waals surface area contributed by atoms with Crippen molar-refractivity contribution in [1.82, 2.24) is 15.1 Å². The van der Waals surface area contributed by atoms with Crippen molar-refractivity contribution < 1.29 is 19.5 Å². The van der Waals surface area contributed by atoms with Gasteiger partial charge in [-0.2, -0.15) is 0 Å². The molecular weight excluding hydrogens is 322 g/mol. The molecule has 2 N–H and O–H groups in total. The second-order valence-electron chi connectivity index (χ2n) is 7.69. The number of aliphatic carboxylic acids is 1. The summed E-state index contributed by atoms with van der Waals surface area (Å²) in [4.78, 5) is 39.4. The second-order valence-corrected chi connectivity index (χ2v) is 7.69. The van der Waals surface area contributed by atoms with Crippen LogP contribution in [0.2, 0.25) is 0 Å². The van der Waals surface area contributed by atoms with E-state index in [-0.39, 0.29) is 42.3 Å². The highest BCUT2D eigenvalue weighted by molar-refractivity contribution is 5.83. The van der Waals surface area contributed by atoms with Gasteiger partial charge in [-0.05, 0) is 45.1 Å². The predicted octanol–water partition coefficient (Wildman–Crippen LogP) is 0.689. The van der Waals surface area contributed by atoms with Crippen LogP contribution in [0.5, 0.6) is 0 Å². The van der Waals surface area contributed by atoms with Gasteiger partial charge in [0, 0.05) is 31.1 Å². The van der Waals surface area contributed by atoms with Gasteiger partial charge in [0.25, 0.3) is 0 Å². The van der Waals surface area contributed by atoms with Crippen molar-refractivity contribution >= 4 is 17.8 Å². The first-order chi connectivity index (χ1) is 12.0. The van der Waals surface area contributed by atoms with Gasteiger partial charge in [0.2, 0.25) is 11.8 Å². The number of rotatable bonds is 7. The highest BCUT2D eigenvalue weighted by Crippen LogP contribution is 2.33. The number of amides is 2. The maximum absolute atomic E-state index is 12.5. The fraction of sp³-hybridized carbons (Fsp3) is 0.833. The van der Waals surface area contributed by atoms with E-state index in [0.717, 1.165) is 45.1 Å². The lowest BCUT2D eigenvalue weighted by atomic mass is 9.84. The highest BCUT2D eigenvalue weighted by Gasteiger charge is 2.39. The summed E-state index contributed by atoms with van der Waals surface area (Å²) >= 11 is 0. The van der Waals surface area contributed by atoms with Crippen LogP contribution in [-0.4, -0.2) is 71.0 Å². The van der Waals surface area contributed by atoms with Crippen LogP contribution in [0, 0.1) is 11.8 Å². The van der Waals surface area contributed by atoms with Crippen LogP contribution in [0.15, 0.2) is 0 Å². The number of hydrogen-bond donors (Lipinski definition) is 2. The minimum absolute atomic E-state index is 0.0537. The van der Waals surface area contributed by atoms with Crippen LogP contribution in [-0.2, 0) is 14.4 Å². The van der Waals surface area contributed by atoms with Crippen LogP contribution in [0.1, 0.15) is 45.4 Å². The lowest BCUT2D eigenvalue weighted by molar-refractivity contribution is -0.141. The summed E-state index contributed by atoms with van der Waals surface area (Å²) in [6.07, 6.45) is 5.36. The molecule has 3 rings (SSSR count). The monoisotopic (exact) mass is 351 g/mol. The summed E-state index contributed by atoms with van der Waals surface area (Å²) in [5.41, 5.74) is 0. The zero-order chi connectivity index (χ0) is 18.0. The van der Waals surface area contributed by atoms with Gasteiger partial charge >= 0.3 is 5.97 Å². The van der Waals surface area contributed by atoms with Crippen LogP contribution >= 0.6 is 0 Å². The SMILES string of the molecule is CCN(CC(=O)O)C1CC(NC(=O)C2CCCN(C(=O)C3CC3)C2)C1. The summed E-state index contributed by atoms with van der Waals surface area (Å²) in [5, 5.41) is 12.0. The number of carboxylic acids is 1. The van der Waals surface area contributed by atoms with Crippen molar-refractivity contribution in [2.75, 3.05) is 26.2 Å². The molecular formula is C18H29N3O4. The van der Waals surface area contributed by atoms with Crippen molar-refractivity contribution in [2.45, 2.75) is 57.5 Å². The molecule has 1 aliphatic heterocycles. The standard InChI is InChI=1S/C18H29N3O4/c1-2-20(11-16(22)23)15-8-14(9-15)19-17(24)13-4-3-7-21(10-13)18(25)12-5-6-12/h12-15H,2-11H2,1H3,(H,19,24)(H,22,23). The normalized spacial score (nSPS) is 29.2. The molecule has 1 unspecified atom stereocenters. The minimum Gasteiger partial charge on any atom is -0.480 e. The quantitative estimate of drug-likeness (QED) is 0.704. The third kappa shape index (κ3) is 4.51. The third-order valence-corrected chi connectivity index (χ3v) is 5.75. The summed E-state index contributed by atoms with van der Waals surface area (Å²) in [7, 11) is 0. The summed E-state index contributed by atoms with van der Waals surface area (Å²) in [6, 6.07) is 0.376. The van der Waals surface area contributed by atoms with Crippen molar-refractivity contribution in [2.24, 2.45) is 11.8 Å². The van der Waals surface area contributed by atoms with Gasteiger partial charge in [0.1, 0.15) is 0 Å². The van der Waals surface area contributed by atoms with Gasteiger partial charge in [-0.15, -0.1) is 0 Å². The molecule has 0 aromatic rings. The average molecular weight is 351 g/mol. The first kappa shape index (κ1) is 18.2. The molecule has 0 bridgehead atoms. The average Bonchev–Trinajstić information content (AvgIpc) is 3.40. The number of carbonyl (C=O) groups is 3. The van der Waals surface area contributed by atoms with E-state index in [1.165, 1.54) is 0 Å². The van der Waals surface area contributed by atoms with Crippen molar-refractivity contribution in [3.05, 3.63) is 0 Å². The second kappa shape index (κ2) is 7.72. The van der Waals surface area contributed by atoms with Gasteiger partial charge in [-0.25, -0.2) is 0 Å². The number of carboxylic acid groups (broad SMARTS) is 1. The predicted molar refractivity (Wildman–Crippen MR) is 91.9 cm³/mol. The third-order valence-electron chi connectivity index (χ3n) is 5.75. The molecule has 2 saturated carbocycles. The molecule has 25 heavy (non-hydrogen) atoms. The Labute approximate surface area is 148 Å². The van der Waals surface area contributed by atoms with E-state index < -0.39 is 5.97 Å². The van der Waals surface area contributed by atoms with Crippen LogP contribution in [0.25, 0.3) is 0 Å². The molecule has 0 spiro atoms. The molecule has 7 nitrogen and oxygen atoms in total. The number of piperidine rings is 1. The fourth-order valence-electron chi connectivity index (χ4n) is 3.98. The van der Waals surface area contributed by atoms with Crippen molar-refractivity contribution in [3.63, 3.8) is 0 Å². The summed E-state index contributed by atoms with van der Waals surface area (Å²) < 4.78 is 0. The van der Waals surface area contributed by atoms with E-state index in [1.54, 1.807) is 0 Å². The molecule has 0 aromatic heterocycles. The van der Waals surface area contributed by atoms with E-state index in [2.05, 4.69) is 5.32 Å². The Bertz CT molecular complexity index is 528. The van der Waals surface area contributed by atoms with Gasteiger partial charge in [-0.3, -0.25) is 19.3 Å². The van der Waals surface area contributed by atoms with E-state index in [4.69, 9.17) is 5.11 Å². The maximum atomic E-state index is 12.5. The smallest absolute Gasteiger partial charge is 0.317 e. The Morgan fingerprint density at radius 3 is 2.48 bits per heavy atom.